The van der Waals surface area contributed by atoms with Crippen LogP contribution in [-0.4, -0.2) is 49.2 Å². The molecule has 0 aliphatic carbocycles. The topological polar surface area (TPSA) is 41.6 Å². The first-order valence-electron chi connectivity index (χ1n) is 5.20. The molecule has 0 bridgehead atoms. The molecule has 1 rings (SSSR count). The van der Waals surface area contributed by atoms with Gasteiger partial charge in [-0.15, -0.1) is 6.42 Å². The van der Waals surface area contributed by atoms with Crippen LogP contribution in [0.15, 0.2) is 0 Å². The van der Waals surface area contributed by atoms with Crippen LogP contribution in [0.5, 0.6) is 0 Å². The Bertz CT molecular complexity index is 260. The predicted molar refractivity (Wildman–Crippen MR) is 58.3 cm³/mol. The second-order valence-corrected chi connectivity index (χ2v) is 3.85. The van der Waals surface area contributed by atoms with E-state index < -0.39 is 0 Å². The van der Waals surface area contributed by atoms with Crippen molar-refractivity contribution in [2.24, 2.45) is 0 Å². The fourth-order valence-corrected chi connectivity index (χ4v) is 1.59. The fraction of sp³-hybridized carbons (Fsp3) is 0.727. The van der Waals surface area contributed by atoms with E-state index in [2.05, 4.69) is 11.2 Å². The van der Waals surface area contributed by atoms with Crippen LogP contribution in [0.2, 0.25) is 0 Å². The van der Waals surface area contributed by atoms with Gasteiger partial charge in [-0.25, -0.2) is 0 Å². The van der Waals surface area contributed by atoms with Gasteiger partial charge in [-0.1, -0.05) is 5.92 Å². The van der Waals surface area contributed by atoms with Gasteiger partial charge in [0.2, 0.25) is 5.91 Å². The summed E-state index contributed by atoms with van der Waals surface area (Å²) in [6.45, 7) is 5.98. The van der Waals surface area contributed by atoms with E-state index in [1.165, 1.54) is 0 Å². The SMILES string of the molecule is C#CCNCC(=O)N1CC(C)OCC1C. The molecule has 1 saturated heterocycles. The first-order valence-corrected chi connectivity index (χ1v) is 5.20. The van der Waals surface area contributed by atoms with E-state index in [1.807, 2.05) is 18.7 Å². The van der Waals surface area contributed by atoms with Gasteiger partial charge in [-0.3, -0.25) is 10.1 Å². The van der Waals surface area contributed by atoms with E-state index in [-0.39, 0.29) is 18.1 Å². The largest absolute Gasteiger partial charge is 0.375 e. The summed E-state index contributed by atoms with van der Waals surface area (Å²) in [6.07, 6.45) is 5.21. The Morgan fingerprint density at radius 2 is 2.40 bits per heavy atom. The standard InChI is InChI=1S/C11H18N2O2/c1-4-5-12-6-11(14)13-7-10(3)15-8-9(13)2/h1,9-10,12H,5-8H2,2-3H3. The highest BCUT2D eigenvalue weighted by molar-refractivity contribution is 5.78. The molecular weight excluding hydrogens is 192 g/mol. The highest BCUT2D eigenvalue weighted by Gasteiger charge is 2.26. The number of carbonyl (C=O) groups is 1. The lowest BCUT2D eigenvalue weighted by molar-refractivity contribution is -0.142. The van der Waals surface area contributed by atoms with Crippen molar-refractivity contribution in [3.05, 3.63) is 0 Å². The molecule has 2 atom stereocenters. The summed E-state index contributed by atoms with van der Waals surface area (Å²) in [4.78, 5) is 13.6. The number of hydrogen-bond donors (Lipinski definition) is 1. The van der Waals surface area contributed by atoms with Crippen molar-refractivity contribution in [1.82, 2.24) is 10.2 Å². The third-order valence-corrected chi connectivity index (χ3v) is 2.43. The maximum atomic E-state index is 11.8. The van der Waals surface area contributed by atoms with E-state index in [1.54, 1.807) is 0 Å². The Labute approximate surface area is 91.0 Å². The van der Waals surface area contributed by atoms with Gasteiger partial charge in [0, 0.05) is 6.54 Å². The molecule has 0 radical (unpaired) electrons. The lowest BCUT2D eigenvalue weighted by Crippen LogP contribution is -2.52. The van der Waals surface area contributed by atoms with E-state index in [9.17, 15) is 4.79 Å². The molecule has 0 aromatic carbocycles. The van der Waals surface area contributed by atoms with Gasteiger partial charge in [0.15, 0.2) is 0 Å². The van der Waals surface area contributed by atoms with Crippen molar-refractivity contribution in [2.45, 2.75) is 26.0 Å². The number of nitrogens with zero attached hydrogens (tertiary/aromatic N) is 1. The lowest BCUT2D eigenvalue weighted by Gasteiger charge is -2.36. The molecule has 4 heteroatoms. The molecule has 1 N–H and O–H groups in total. The molecule has 0 aromatic rings. The van der Waals surface area contributed by atoms with Crippen LogP contribution in [0.4, 0.5) is 0 Å². The summed E-state index contributed by atoms with van der Waals surface area (Å²) in [7, 11) is 0. The molecule has 0 spiro atoms. The number of hydrogen-bond acceptors (Lipinski definition) is 3. The van der Waals surface area contributed by atoms with Crippen molar-refractivity contribution in [1.29, 1.82) is 0 Å². The Balaban J connectivity index is 2.39. The summed E-state index contributed by atoms with van der Waals surface area (Å²) >= 11 is 0. The normalized spacial score (nSPS) is 26.1. The number of nitrogens with one attached hydrogen (secondary N) is 1. The number of carbonyl (C=O) groups excluding carboxylic acids is 1. The third-order valence-electron chi connectivity index (χ3n) is 2.43. The molecule has 4 nitrogen and oxygen atoms in total. The summed E-state index contributed by atoms with van der Waals surface area (Å²) in [6, 6.07) is 0.154. The molecule has 84 valence electrons. The number of rotatable bonds is 3. The van der Waals surface area contributed by atoms with Crippen LogP contribution in [0.3, 0.4) is 0 Å². The van der Waals surface area contributed by atoms with Gasteiger partial charge in [0.25, 0.3) is 0 Å². The minimum absolute atomic E-state index is 0.0906. The quantitative estimate of drug-likeness (QED) is 0.520. The number of morpholine rings is 1. The minimum Gasteiger partial charge on any atom is -0.375 e. The summed E-state index contributed by atoms with van der Waals surface area (Å²) in [5, 5.41) is 2.90. The van der Waals surface area contributed by atoms with Crippen LogP contribution in [0.1, 0.15) is 13.8 Å². The van der Waals surface area contributed by atoms with Crippen LogP contribution in [0.25, 0.3) is 0 Å². The van der Waals surface area contributed by atoms with Crippen LogP contribution >= 0.6 is 0 Å². The Kier molecular flexibility index (Phi) is 4.60. The fourth-order valence-electron chi connectivity index (χ4n) is 1.59. The Hall–Kier alpha value is -1.05. The summed E-state index contributed by atoms with van der Waals surface area (Å²) in [5.41, 5.74) is 0. The Morgan fingerprint density at radius 1 is 1.67 bits per heavy atom. The first-order chi connectivity index (χ1) is 7.15. The van der Waals surface area contributed by atoms with Crippen LogP contribution < -0.4 is 5.32 Å². The van der Waals surface area contributed by atoms with E-state index in [0.29, 0.717) is 26.2 Å². The smallest absolute Gasteiger partial charge is 0.236 e. The molecule has 0 aromatic heterocycles. The van der Waals surface area contributed by atoms with Gasteiger partial charge in [0.05, 0.1) is 31.8 Å². The van der Waals surface area contributed by atoms with Crippen LogP contribution in [0, 0.1) is 12.3 Å². The van der Waals surface area contributed by atoms with Crippen molar-refractivity contribution in [3.8, 4) is 12.3 Å². The maximum absolute atomic E-state index is 11.8. The highest BCUT2D eigenvalue weighted by Crippen LogP contribution is 2.10. The minimum atomic E-state index is 0.0906. The second-order valence-electron chi connectivity index (χ2n) is 3.85. The summed E-state index contributed by atoms with van der Waals surface area (Å²) in [5.74, 6) is 2.53. The number of terminal acetylenes is 1. The van der Waals surface area contributed by atoms with Gasteiger partial charge in [0.1, 0.15) is 0 Å². The predicted octanol–water partition coefficient (Wildman–Crippen LogP) is -0.155. The zero-order chi connectivity index (χ0) is 11.3. The first kappa shape index (κ1) is 12.0. The van der Waals surface area contributed by atoms with Crippen molar-refractivity contribution in [3.63, 3.8) is 0 Å². The molecule has 0 saturated carbocycles. The maximum Gasteiger partial charge on any atom is 0.236 e. The molecule has 1 amide bonds. The zero-order valence-corrected chi connectivity index (χ0v) is 9.32. The zero-order valence-electron chi connectivity index (χ0n) is 9.32. The van der Waals surface area contributed by atoms with Gasteiger partial charge < -0.3 is 9.64 Å². The van der Waals surface area contributed by atoms with Crippen molar-refractivity contribution >= 4 is 5.91 Å². The molecule has 1 aliphatic rings. The molecular formula is C11H18N2O2. The van der Waals surface area contributed by atoms with E-state index >= 15 is 0 Å². The summed E-state index contributed by atoms with van der Waals surface area (Å²) < 4.78 is 5.45. The molecule has 1 fully saturated rings. The molecule has 15 heavy (non-hydrogen) atoms. The van der Waals surface area contributed by atoms with E-state index in [4.69, 9.17) is 11.2 Å². The van der Waals surface area contributed by atoms with Crippen molar-refractivity contribution < 1.29 is 9.53 Å². The monoisotopic (exact) mass is 210 g/mol. The van der Waals surface area contributed by atoms with Gasteiger partial charge >= 0.3 is 0 Å². The molecule has 1 aliphatic heterocycles. The Morgan fingerprint density at radius 3 is 3.07 bits per heavy atom. The third kappa shape index (κ3) is 3.54. The average Bonchev–Trinajstić information content (AvgIpc) is 2.22. The van der Waals surface area contributed by atoms with E-state index in [0.717, 1.165) is 0 Å². The number of amides is 1. The van der Waals surface area contributed by atoms with Crippen molar-refractivity contribution in [2.75, 3.05) is 26.2 Å². The molecule has 2 unspecified atom stereocenters. The van der Waals surface area contributed by atoms with Gasteiger partial charge in [-0.2, -0.15) is 0 Å². The average molecular weight is 210 g/mol. The van der Waals surface area contributed by atoms with Crippen LogP contribution in [-0.2, 0) is 9.53 Å². The lowest BCUT2D eigenvalue weighted by atomic mass is 10.2. The molecule has 1 heterocycles. The highest BCUT2D eigenvalue weighted by atomic mass is 16.5. The van der Waals surface area contributed by atoms with Gasteiger partial charge in [-0.05, 0) is 13.8 Å². The number of ether oxygens (including phenoxy) is 1. The second kappa shape index (κ2) is 5.74.